The Balaban J connectivity index is 3.69. The summed E-state index contributed by atoms with van der Waals surface area (Å²) in [5.41, 5.74) is 6.06. The predicted molar refractivity (Wildman–Crippen MR) is 36.6 cm³/mol. The zero-order valence-corrected chi connectivity index (χ0v) is 4.96. The van der Waals surface area contributed by atoms with Crippen molar-refractivity contribution in [2.75, 3.05) is 0 Å². The van der Waals surface area contributed by atoms with E-state index in [1.165, 1.54) is 12.4 Å². The number of aliphatic imine (C=N–C) groups is 1. The topological polar surface area (TPSA) is 38.4 Å². The fourth-order valence-electron chi connectivity index (χ4n) is 0.213. The second kappa shape index (κ2) is 4.12. The highest BCUT2D eigenvalue weighted by Gasteiger charge is 1.72. The van der Waals surface area contributed by atoms with Crippen LogP contribution in [0, 0.1) is 0 Å². The third kappa shape index (κ3) is 3.15. The molecule has 0 saturated carbocycles. The Hall–Kier alpha value is -1.05. The lowest BCUT2D eigenvalue weighted by Crippen LogP contribution is -1.83. The first-order valence-electron chi connectivity index (χ1n) is 2.34. The largest absolute Gasteiger partial charge is 0.404 e. The Labute approximate surface area is 49.4 Å². The van der Waals surface area contributed by atoms with Gasteiger partial charge in [0.2, 0.25) is 0 Å². The molecule has 0 rings (SSSR count). The first-order chi connectivity index (χ1) is 3.81. The van der Waals surface area contributed by atoms with E-state index in [0.29, 0.717) is 0 Å². The smallest absolute Gasteiger partial charge is 0.0311 e. The lowest BCUT2D eigenvalue weighted by atomic mass is 10.4. The van der Waals surface area contributed by atoms with Crippen LogP contribution in [0.25, 0.3) is 0 Å². The molecule has 0 spiro atoms. The molecule has 2 nitrogen and oxygen atoms in total. The van der Waals surface area contributed by atoms with Crippen LogP contribution in [-0.4, -0.2) is 6.21 Å². The third-order valence-electron chi connectivity index (χ3n) is 0.646. The van der Waals surface area contributed by atoms with Crippen LogP contribution < -0.4 is 5.73 Å². The van der Waals surface area contributed by atoms with Gasteiger partial charge in [0.05, 0.1) is 0 Å². The second-order valence-corrected chi connectivity index (χ2v) is 1.37. The highest BCUT2D eigenvalue weighted by Crippen LogP contribution is 1.81. The number of hydrogen-bond donors (Lipinski definition) is 1. The van der Waals surface area contributed by atoms with E-state index in [1.54, 1.807) is 6.21 Å². The molecule has 0 heterocycles. The van der Waals surface area contributed by atoms with Gasteiger partial charge in [-0.3, -0.25) is 4.99 Å². The van der Waals surface area contributed by atoms with Crippen molar-refractivity contribution < 1.29 is 0 Å². The molecule has 0 amide bonds. The Morgan fingerprint density at radius 3 is 2.75 bits per heavy atom. The van der Waals surface area contributed by atoms with Crippen molar-refractivity contribution in [2.45, 2.75) is 6.92 Å². The molecule has 0 radical (unpaired) electrons. The highest BCUT2D eigenvalue weighted by molar-refractivity contribution is 5.77. The standard InChI is InChI=1S/C6H10N2/c1-3-8-5-6(2)4-7/h3-5H,1,7H2,2H3/b6-4-,8-5?. The van der Waals surface area contributed by atoms with Crippen molar-refractivity contribution in [2.24, 2.45) is 10.7 Å². The van der Waals surface area contributed by atoms with Crippen molar-refractivity contribution in [3.05, 3.63) is 24.6 Å². The fraction of sp³-hybridized carbons (Fsp3) is 0.167. The molecule has 2 heteroatoms. The van der Waals surface area contributed by atoms with E-state index in [4.69, 9.17) is 5.73 Å². The minimum atomic E-state index is 0.935. The number of nitrogens with zero attached hydrogens (tertiary/aromatic N) is 1. The number of rotatable bonds is 2. The van der Waals surface area contributed by atoms with E-state index < -0.39 is 0 Å². The van der Waals surface area contributed by atoms with E-state index in [0.717, 1.165) is 5.57 Å². The maximum Gasteiger partial charge on any atom is 0.0311 e. The zero-order chi connectivity index (χ0) is 6.41. The normalized spacial score (nSPS) is 12.4. The van der Waals surface area contributed by atoms with Crippen LogP contribution in [0.5, 0.6) is 0 Å². The minimum Gasteiger partial charge on any atom is -0.404 e. The van der Waals surface area contributed by atoms with Crippen LogP contribution in [0.2, 0.25) is 0 Å². The molecule has 0 aliphatic heterocycles. The summed E-state index contributed by atoms with van der Waals surface area (Å²) in [6, 6.07) is 0. The summed E-state index contributed by atoms with van der Waals surface area (Å²) in [6.45, 7) is 5.27. The van der Waals surface area contributed by atoms with Crippen molar-refractivity contribution >= 4 is 6.21 Å². The van der Waals surface area contributed by atoms with Crippen molar-refractivity contribution in [3.8, 4) is 0 Å². The Bertz CT molecular complexity index is 122. The highest BCUT2D eigenvalue weighted by atomic mass is 14.7. The van der Waals surface area contributed by atoms with Gasteiger partial charge in [0.25, 0.3) is 0 Å². The molecule has 0 bridgehead atoms. The van der Waals surface area contributed by atoms with E-state index in [9.17, 15) is 0 Å². The maximum atomic E-state index is 5.13. The second-order valence-electron chi connectivity index (χ2n) is 1.37. The maximum absolute atomic E-state index is 5.13. The molecule has 0 aromatic rings. The molecular formula is C6H10N2. The van der Waals surface area contributed by atoms with Crippen molar-refractivity contribution in [3.63, 3.8) is 0 Å². The average molecular weight is 110 g/mol. The van der Waals surface area contributed by atoms with Gasteiger partial charge in [-0.05, 0) is 18.7 Å². The molecule has 0 aromatic carbocycles. The quantitative estimate of drug-likeness (QED) is 0.530. The minimum absolute atomic E-state index is 0.935. The summed E-state index contributed by atoms with van der Waals surface area (Å²) < 4.78 is 0. The Kier molecular flexibility index (Phi) is 3.58. The number of nitrogens with two attached hydrogens (primary N) is 1. The lowest BCUT2D eigenvalue weighted by molar-refractivity contribution is 1.47. The molecule has 0 aromatic heterocycles. The SMILES string of the molecule is C=CN=C/C(C)=C\N. The summed E-state index contributed by atoms with van der Waals surface area (Å²) in [4.78, 5) is 3.73. The Morgan fingerprint density at radius 1 is 1.75 bits per heavy atom. The van der Waals surface area contributed by atoms with Crippen LogP contribution in [0.1, 0.15) is 6.92 Å². The van der Waals surface area contributed by atoms with E-state index in [-0.39, 0.29) is 0 Å². The van der Waals surface area contributed by atoms with Gasteiger partial charge in [0.15, 0.2) is 0 Å². The summed E-state index contributed by atoms with van der Waals surface area (Å²) in [7, 11) is 0. The molecule has 0 atom stereocenters. The van der Waals surface area contributed by atoms with Gasteiger partial charge in [0, 0.05) is 12.4 Å². The van der Waals surface area contributed by atoms with Gasteiger partial charge in [-0.2, -0.15) is 0 Å². The summed E-state index contributed by atoms with van der Waals surface area (Å²) in [6.07, 6.45) is 4.60. The van der Waals surface area contributed by atoms with Crippen LogP contribution in [0.15, 0.2) is 29.5 Å². The van der Waals surface area contributed by atoms with Crippen LogP contribution in [0.3, 0.4) is 0 Å². The van der Waals surface area contributed by atoms with E-state index in [1.807, 2.05) is 6.92 Å². The molecule has 0 aliphatic carbocycles. The zero-order valence-electron chi connectivity index (χ0n) is 4.96. The van der Waals surface area contributed by atoms with Crippen LogP contribution in [-0.2, 0) is 0 Å². The first-order valence-corrected chi connectivity index (χ1v) is 2.34. The Morgan fingerprint density at radius 2 is 2.38 bits per heavy atom. The third-order valence-corrected chi connectivity index (χ3v) is 0.646. The van der Waals surface area contributed by atoms with Crippen LogP contribution >= 0.6 is 0 Å². The molecule has 44 valence electrons. The monoisotopic (exact) mass is 110 g/mol. The van der Waals surface area contributed by atoms with Gasteiger partial charge in [-0.1, -0.05) is 6.58 Å². The average Bonchev–Trinajstić information content (AvgIpc) is 1.83. The predicted octanol–water partition coefficient (Wildman–Crippen LogP) is 1.06. The molecule has 2 N–H and O–H groups in total. The molecule has 0 unspecified atom stereocenters. The van der Waals surface area contributed by atoms with E-state index in [2.05, 4.69) is 11.6 Å². The molecule has 8 heavy (non-hydrogen) atoms. The van der Waals surface area contributed by atoms with Gasteiger partial charge in [-0.25, -0.2) is 0 Å². The summed E-state index contributed by atoms with van der Waals surface area (Å²) in [5, 5.41) is 0. The van der Waals surface area contributed by atoms with E-state index >= 15 is 0 Å². The molecule has 0 aliphatic rings. The number of hydrogen-bond acceptors (Lipinski definition) is 2. The molecular weight excluding hydrogens is 100 g/mol. The molecule has 0 saturated heterocycles. The molecule has 0 fully saturated rings. The van der Waals surface area contributed by atoms with Crippen molar-refractivity contribution in [1.82, 2.24) is 0 Å². The summed E-state index contributed by atoms with van der Waals surface area (Å²) >= 11 is 0. The van der Waals surface area contributed by atoms with Gasteiger partial charge in [-0.15, -0.1) is 0 Å². The fourth-order valence-corrected chi connectivity index (χ4v) is 0.213. The first kappa shape index (κ1) is 6.95. The van der Waals surface area contributed by atoms with Gasteiger partial charge in [0.1, 0.15) is 0 Å². The number of allylic oxidation sites excluding steroid dienone is 1. The van der Waals surface area contributed by atoms with Crippen LogP contribution in [0.4, 0.5) is 0 Å². The summed E-state index contributed by atoms with van der Waals surface area (Å²) in [5.74, 6) is 0. The van der Waals surface area contributed by atoms with Crippen molar-refractivity contribution in [1.29, 1.82) is 0 Å². The van der Waals surface area contributed by atoms with Gasteiger partial charge < -0.3 is 5.73 Å². The van der Waals surface area contributed by atoms with Gasteiger partial charge >= 0.3 is 0 Å². The lowest BCUT2D eigenvalue weighted by Gasteiger charge is -1.81.